The number of para-hydroxylation sites is 1. The van der Waals surface area contributed by atoms with Gasteiger partial charge in [-0.3, -0.25) is 19.4 Å². The predicted octanol–water partition coefficient (Wildman–Crippen LogP) is -0.374. The van der Waals surface area contributed by atoms with Gasteiger partial charge in [-0.1, -0.05) is 18.2 Å². The van der Waals surface area contributed by atoms with Crippen LogP contribution in [0.1, 0.15) is 5.56 Å². The molecule has 0 radical (unpaired) electrons. The summed E-state index contributed by atoms with van der Waals surface area (Å²) in [6.45, 7) is 1.92. The number of β-amino-alcohol motifs (C(OH)–C–C–N with tert-alkyl or cyclic N) is 1. The van der Waals surface area contributed by atoms with Crippen LogP contribution in [0.25, 0.3) is 0 Å². The lowest BCUT2D eigenvalue weighted by Gasteiger charge is -2.31. The monoisotopic (exact) mass is 434 g/mol. The van der Waals surface area contributed by atoms with Gasteiger partial charge in [-0.2, -0.15) is 0 Å². The summed E-state index contributed by atoms with van der Waals surface area (Å²) in [5.74, 6) is -0.146. The number of thioether (sulfide) groups is 1. The van der Waals surface area contributed by atoms with Crippen LogP contribution < -0.4 is 10.5 Å². The van der Waals surface area contributed by atoms with E-state index in [9.17, 15) is 19.5 Å². The molecule has 4 amide bonds. The number of amides is 4. The van der Waals surface area contributed by atoms with Crippen molar-refractivity contribution in [2.24, 2.45) is 10.7 Å². The van der Waals surface area contributed by atoms with E-state index in [4.69, 9.17) is 10.5 Å². The zero-order valence-corrected chi connectivity index (χ0v) is 17.8. The van der Waals surface area contributed by atoms with Crippen LogP contribution in [-0.4, -0.2) is 93.5 Å². The molecular weight excluding hydrogens is 410 g/mol. The second-order valence-electron chi connectivity index (χ2n) is 7.03. The van der Waals surface area contributed by atoms with E-state index in [1.165, 1.54) is 19.0 Å². The lowest BCUT2D eigenvalue weighted by molar-refractivity contribution is -0.541. The number of hydrogen-bond donors (Lipinski definition) is 2. The van der Waals surface area contributed by atoms with E-state index >= 15 is 0 Å². The number of hydrogen-bond acceptors (Lipinski definition) is 7. The van der Waals surface area contributed by atoms with Crippen LogP contribution in [0.15, 0.2) is 29.3 Å². The smallest absolute Gasteiger partial charge is 0.358 e. The van der Waals surface area contributed by atoms with E-state index in [1.807, 2.05) is 25.1 Å². The summed E-state index contributed by atoms with van der Waals surface area (Å²) in [7, 11) is 2.91. The number of benzene rings is 1. The van der Waals surface area contributed by atoms with Gasteiger partial charge in [-0.25, -0.2) is 9.37 Å². The first-order valence-electron chi connectivity index (χ1n) is 9.25. The van der Waals surface area contributed by atoms with Crippen LogP contribution in [0.2, 0.25) is 0 Å². The number of fused-ring (bicyclic) bond motifs is 1. The van der Waals surface area contributed by atoms with Gasteiger partial charge >= 0.3 is 11.2 Å². The van der Waals surface area contributed by atoms with Crippen LogP contribution >= 0.6 is 11.8 Å². The molecule has 1 aromatic carbocycles. The standard InChI is InChI=1S/C19H23N5O5S/c1-11-6-4-5-7-13(11)29-9-12(25)8-24-15-16(21-18(24)30-10-14(20)26)22(2)19(28)23(3)17(15)27/h4-7,12,15,25H,8-10H2,1-3H3,(H-,20,26)/p+1. The van der Waals surface area contributed by atoms with E-state index in [1.54, 1.807) is 10.6 Å². The fourth-order valence-corrected chi connectivity index (χ4v) is 3.97. The molecule has 0 bridgehead atoms. The van der Waals surface area contributed by atoms with Crippen molar-refractivity contribution in [3.63, 3.8) is 0 Å². The first kappa shape index (κ1) is 21.8. The molecule has 0 aromatic heterocycles. The number of aliphatic imine (C=N–C) groups is 1. The summed E-state index contributed by atoms with van der Waals surface area (Å²) in [4.78, 5) is 42.9. The number of imide groups is 1. The molecule has 1 aromatic rings. The molecule has 0 aliphatic carbocycles. The third-order valence-corrected chi connectivity index (χ3v) is 5.78. The first-order chi connectivity index (χ1) is 14.2. The number of carbonyl (C=O) groups is 3. The molecule has 0 saturated carbocycles. The molecule has 10 nitrogen and oxygen atoms in total. The van der Waals surface area contributed by atoms with Crippen molar-refractivity contribution in [3.8, 4) is 5.75 Å². The van der Waals surface area contributed by atoms with Gasteiger partial charge in [0, 0.05) is 14.1 Å². The number of aliphatic hydroxyl groups is 1. The summed E-state index contributed by atoms with van der Waals surface area (Å²) < 4.78 is 7.28. The first-order valence-corrected chi connectivity index (χ1v) is 10.2. The summed E-state index contributed by atoms with van der Waals surface area (Å²) in [5, 5.41) is 10.9. The maximum absolute atomic E-state index is 12.8. The topological polar surface area (TPSA) is 129 Å². The number of carbonyl (C=O) groups excluding carboxylic acids is 3. The zero-order valence-electron chi connectivity index (χ0n) is 16.9. The normalized spacial score (nSPS) is 19.7. The molecule has 3 N–H and O–H groups in total. The highest BCUT2D eigenvalue weighted by Gasteiger charge is 2.53. The Hall–Kier alpha value is -2.92. The van der Waals surface area contributed by atoms with Gasteiger partial charge in [0.2, 0.25) is 5.91 Å². The summed E-state index contributed by atoms with van der Waals surface area (Å²) >= 11 is 1.05. The van der Waals surface area contributed by atoms with Crippen molar-refractivity contribution in [2.45, 2.75) is 19.1 Å². The Balaban J connectivity index is 1.80. The Morgan fingerprint density at radius 2 is 2.03 bits per heavy atom. The molecule has 0 spiro atoms. The molecule has 1 fully saturated rings. The highest BCUT2D eigenvalue weighted by atomic mass is 32.2. The van der Waals surface area contributed by atoms with Crippen molar-refractivity contribution in [1.29, 1.82) is 0 Å². The molecule has 1 saturated heterocycles. The SMILES string of the molecule is Cc1ccccc1OCC(O)C[N+]1=C(SCC(N)=O)N=C2C1C(=O)N(C)C(=O)N2C. The van der Waals surface area contributed by atoms with Gasteiger partial charge in [0.15, 0.2) is 0 Å². The maximum atomic E-state index is 12.8. The number of urea groups is 1. The number of nitrogens with two attached hydrogens (primary N) is 1. The second-order valence-corrected chi connectivity index (χ2v) is 7.97. The van der Waals surface area contributed by atoms with Gasteiger partial charge < -0.3 is 15.6 Å². The van der Waals surface area contributed by atoms with Crippen molar-refractivity contribution < 1.29 is 28.8 Å². The largest absolute Gasteiger partial charge is 0.490 e. The third-order valence-electron chi connectivity index (χ3n) is 4.77. The number of aliphatic hydroxyl groups excluding tert-OH is 1. The van der Waals surface area contributed by atoms with E-state index in [-0.39, 0.29) is 24.7 Å². The summed E-state index contributed by atoms with van der Waals surface area (Å²) in [6.07, 6.45) is -0.954. The number of ether oxygens (including phenoxy) is 1. The molecule has 3 rings (SSSR count). The van der Waals surface area contributed by atoms with Gasteiger partial charge in [0.25, 0.3) is 17.8 Å². The predicted molar refractivity (Wildman–Crippen MR) is 112 cm³/mol. The van der Waals surface area contributed by atoms with Crippen LogP contribution in [-0.2, 0) is 9.59 Å². The quantitative estimate of drug-likeness (QED) is 0.564. The Morgan fingerprint density at radius 3 is 2.70 bits per heavy atom. The van der Waals surface area contributed by atoms with E-state index < -0.39 is 30.0 Å². The summed E-state index contributed by atoms with van der Waals surface area (Å²) in [6, 6.07) is 6.06. The average Bonchev–Trinajstić information content (AvgIpc) is 3.06. The molecule has 2 aliphatic heterocycles. The molecular formula is C19H24N5O5S+. The Labute approximate surface area is 178 Å². The lowest BCUT2D eigenvalue weighted by Crippen LogP contribution is -2.62. The third kappa shape index (κ3) is 4.31. The second kappa shape index (κ2) is 8.84. The van der Waals surface area contributed by atoms with Crippen LogP contribution in [0.3, 0.4) is 0 Å². The Morgan fingerprint density at radius 1 is 1.33 bits per heavy atom. The van der Waals surface area contributed by atoms with Crippen molar-refractivity contribution in [2.75, 3.05) is 33.0 Å². The van der Waals surface area contributed by atoms with Crippen molar-refractivity contribution in [3.05, 3.63) is 29.8 Å². The van der Waals surface area contributed by atoms with Crippen LogP contribution in [0, 0.1) is 6.92 Å². The number of primary amides is 1. The maximum Gasteiger partial charge on any atom is 0.358 e. The van der Waals surface area contributed by atoms with Crippen molar-refractivity contribution in [1.82, 2.24) is 9.80 Å². The number of amidine groups is 2. The van der Waals surface area contributed by atoms with E-state index in [0.29, 0.717) is 10.9 Å². The highest BCUT2D eigenvalue weighted by molar-refractivity contribution is 8.14. The highest BCUT2D eigenvalue weighted by Crippen LogP contribution is 2.23. The molecule has 2 aliphatic rings. The minimum atomic E-state index is -0.954. The molecule has 160 valence electrons. The Bertz CT molecular complexity index is 947. The number of aryl methyl sites for hydroxylation is 1. The molecule has 2 unspecified atom stereocenters. The summed E-state index contributed by atoms with van der Waals surface area (Å²) in [5.41, 5.74) is 6.17. The molecule has 2 atom stereocenters. The molecule has 30 heavy (non-hydrogen) atoms. The van der Waals surface area contributed by atoms with Crippen molar-refractivity contribution >= 4 is 40.6 Å². The number of rotatable bonds is 7. The van der Waals surface area contributed by atoms with Gasteiger partial charge in [0.05, 0.1) is 5.75 Å². The minimum Gasteiger partial charge on any atom is -0.490 e. The average molecular weight is 434 g/mol. The minimum absolute atomic E-state index is 0.00400. The fraction of sp³-hybridized carbons (Fsp3) is 0.421. The zero-order chi connectivity index (χ0) is 22.0. The van der Waals surface area contributed by atoms with E-state index in [0.717, 1.165) is 22.2 Å². The van der Waals surface area contributed by atoms with Gasteiger partial charge in [-0.05, 0) is 35.3 Å². The van der Waals surface area contributed by atoms with Crippen LogP contribution in [0.5, 0.6) is 5.75 Å². The van der Waals surface area contributed by atoms with E-state index in [2.05, 4.69) is 4.99 Å². The number of likely N-dealkylation sites (N-methyl/N-ethyl adjacent to an activating group) is 2. The van der Waals surface area contributed by atoms with Gasteiger partial charge in [0.1, 0.15) is 25.0 Å². The number of nitrogens with zero attached hydrogens (tertiary/aromatic N) is 4. The molecule has 11 heteroatoms. The van der Waals surface area contributed by atoms with Crippen LogP contribution in [0.4, 0.5) is 4.79 Å². The lowest BCUT2D eigenvalue weighted by atomic mass is 10.1. The fourth-order valence-electron chi connectivity index (χ4n) is 3.19. The Kier molecular flexibility index (Phi) is 6.42. The van der Waals surface area contributed by atoms with Gasteiger partial charge in [-0.15, -0.1) is 0 Å². The molecule has 2 heterocycles.